The molecule has 170 valence electrons. The molecule has 0 saturated carbocycles. The van der Waals surface area contributed by atoms with Crippen LogP contribution in [0.5, 0.6) is 0 Å². The molecular weight excluding hydrogens is 468 g/mol. The van der Waals surface area contributed by atoms with Crippen molar-refractivity contribution >= 4 is 58.4 Å². The Morgan fingerprint density at radius 1 is 0.618 bits per heavy atom. The monoisotopic (exact) mass is 488 g/mol. The number of carbonyl (C=O) groups excluding carboxylic acids is 2. The third-order valence-corrected chi connectivity index (χ3v) is 6.99. The number of hydrogen-bond acceptors (Lipinski definition) is 8. The van der Waals surface area contributed by atoms with Gasteiger partial charge >= 0.3 is 11.9 Å². The minimum absolute atomic E-state index is 0.365. The lowest BCUT2D eigenvalue weighted by molar-refractivity contribution is 0.0592. The van der Waals surface area contributed by atoms with E-state index in [4.69, 9.17) is 9.47 Å². The van der Waals surface area contributed by atoms with Crippen LogP contribution in [0.2, 0.25) is 0 Å². The predicted octanol–water partition coefficient (Wildman–Crippen LogP) is 6.55. The molecule has 2 aromatic carbocycles. The van der Waals surface area contributed by atoms with Gasteiger partial charge in [-0.05, 0) is 72.8 Å². The van der Waals surface area contributed by atoms with Crippen LogP contribution in [-0.2, 0) is 9.47 Å². The van der Waals surface area contributed by atoms with E-state index < -0.39 is 0 Å². The number of hydrogen-bond donors (Lipinski definition) is 0. The lowest BCUT2D eigenvalue weighted by atomic mass is 10.2. The minimum atomic E-state index is -0.365. The van der Waals surface area contributed by atoms with Crippen LogP contribution < -0.4 is 0 Å². The van der Waals surface area contributed by atoms with E-state index in [1.165, 1.54) is 14.2 Å². The van der Waals surface area contributed by atoms with Gasteiger partial charge in [0.1, 0.15) is 0 Å². The maximum absolute atomic E-state index is 11.5. The quantitative estimate of drug-likeness (QED) is 0.218. The molecule has 4 aromatic rings. The molecule has 0 bridgehead atoms. The molecule has 0 aliphatic rings. The van der Waals surface area contributed by atoms with Gasteiger partial charge in [0, 0.05) is 31.9 Å². The van der Waals surface area contributed by atoms with Crippen molar-refractivity contribution in [2.75, 3.05) is 14.2 Å². The first-order chi connectivity index (χ1) is 16.6. The largest absolute Gasteiger partial charge is 0.465 e. The highest BCUT2D eigenvalue weighted by molar-refractivity contribution is 7.23. The number of ether oxygens (including phenoxy) is 2. The summed E-state index contributed by atoms with van der Waals surface area (Å²) >= 11 is 3.30. The Hall–Kier alpha value is -3.88. The fourth-order valence-electron chi connectivity index (χ4n) is 2.99. The van der Waals surface area contributed by atoms with Crippen molar-refractivity contribution in [1.29, 1.82) is 0 Å². The maximum Gasteiger partial charge on any atom is 0.337 e. The zero-order valence-electron chi connectivity index (χ0n) is 18.4. The summed E-state index contributed by atoms with van der Waals surface area (Å²) in [5.74, 6) is -0.731. The lowest BCUT2D eigenvalue weighted by Crippen LogP contribution is -1.99. The number of aliphatic imine (C=N–C) groups is 2. The fourth-order valence-corrected chi connectivity index (χ4v) is 4.84. The number of esters is 2. The lowest BCUT2D eigenvalue weighted by Gasteiger charge is -1.98. The summed E-state index contributed by atoms with van der Waals surface area (Å²) in [6, 6.07) is 22.1. The molecule has 0 spiro atoms. The zero-order valence-corrected chi connectivity index (χ0v) is 20.1. The molecule has 0 aliphatic carbocycles. The van der Waals surface area contributed by atoms with E-state index in [1.807, 2.05) is 24.6 Å². The smallest absolute Gasteiger partial charge is 0.337 e. The van der Waals surface area contributed by atoms with Crippen molar-refractivity contribution in [2.24, 2.45) is 9.98 Å². The van der Waals surface area contributed by atoms with Gasteiger partial charge in [0.15, 0.2) is 0 Å². The summed E-state index contributed by atoms with van der Waals surface area (Å²) in [5, 5.41) is 0. The molecule has 0 fully saturated rings. The van der Waals surface area contributed by atoms with Crippen LogP contribution >= 0.6 is 22.7 Å². The number of rotatable bonds is 7. The van der Waals surface area contributed by atoms with E-state index in [0.717, 1.165) is 30.9 Å². The van der Waals surface area contributed by atoms with Gasteiger partial charge in [0.2, 0.25) is 0 Å². The highest BCUT2D eigenvalue weighted by Gasteiger charge is 2.07. The first-order valence-corrected chi connectivity index (χ1v) is 11.8. The van der Waals surface area contributed by atoms with Gasteiger partial charge in [-0.1, -0.05) is 0 Å². The Balaban J connectivity index is 1.40. The van der Waals surface area contributed by atoms with E-state index in [1.54, 1.807) is 71.2 Å². The summed E-state index contributed by atoms with van der Waals surface area (Å²) in [4.78, 5) is 36.4. The molecule has 2 heterocycles. The molecule has 2 aromatic heterocycles. The normalized spacial score (nSPS) is 11.2. The summed E-state index contributed by atoms with van der Waals surface area (Å²) in [7, 11) is 2.72. The first-order valence-electron chi connectivity index (χ1n) is 10.2. The van der Waals surface area contributed by atoms with Gasteiger partial charge in [0.25, 0.3) is 0 Å². The molecule has 0 atom stereocenters. The molecule has 34 heavy (non-hydrogen) atoms. The van der Waals surface area contributed by atoms with Crippen LogP contribution in [0.1, 0.15) is 30.5 Å². The van der Waals surface area contributed by atoms with Crippen LogP contribution in [0.3, 0.4) is 0 Å². The number of carbonyl (C=O) groups is 2. The van der Waals surface area contributed by atoms with Crippen molar-refractivity contribution in [3.63, 3.8) is 0 Å². The Bertz CT molecular complexity index is 1240. The highest BCUT2D eigenvalue weighted by Crippen LogP contribution is 2.33. The van der Waals surface area contributed by atoms with Gasteiger partial charge in [-0.15, -0.1) is 22.7 Å². The maximum atomic E-state index is 11.5. The standard InChI is InChI=1S/C26H20N2O4S2/c1-31-25(29)17-3-7-19(8-4-17)27-15-21-11-13-23(33-21)24-14-12-22(34-24)16-28-20-9-5-18(6-10-20)26(30)32-2/h3-16H,1-2H3. The zero-order chi connectivity index (χ0) is 23.9. The Labute approximate surface area is 204 Å². The number of nitrogens with zero attached hydrogens (tertiary/aromatic N) is 2. The van der Waals surface area contributed by atoms with Gasteiger partial charge in [0.05, 0.1) is 36.7 Å². The van der Waals surface area contributed by atoms with Crippen molar-refractivity contribution in [1.82, 2.24) is 0 Å². The van der Waals surface area contributed by atoms with Crippen LogP contribution in [0.25, 0.3) is 9.75 Å². The van der Waals surface area contributed by atoms with Crippen LogP contribution in [-0.4, -0.2) is 38.6 Å². The second-order valence-electron chi connectivity index (χ2n) is 7.00. The second-order valence-corrected chi connectivity index (χ2v) is 9.23. The molecule has 0 aliphatic heterocycles. The van der Waals surface area contributed by atoms with E-state index in [9.17, 15) is 9.59 Å². The molecule has 0 N–H and O–H groups in total. The summed E-state index contributed by atoms with van der Waals surface area (Å²) in [6.45, 7) is 0. The van der Waals surface area contributed by atoms with E-state index in [-0.39, 0.29) is 11.9 Å². The van der Waals surface area contributed by atoms with Crippen molar-refractivity contribution in [3.8, 4) is 9.75 Å². The summed E-state index contributed by atoms with van der Waals surface area (Å²) in [6.07, 6.45) is 3.63. The van der Waals surface area contributed by atoms with Gasteiger partial charge in [-0.3, -0.25) is 9.98 Å². The van der Waals surface area contributed by atoms with Gasteiger partial charge in [-0.25, -0.2) is 9.59 Å². The van der Waals surface area contributed by atoms with Gasteiger partial charge < -0.3 is 9.47 Å². The Kier molecular flexibility index (Phi) is 7.41. The average molecular weight is 489 g/mol. The summed E-state index contributed by atoms with van der Waals surface area (Å²) in [5.41, 5.74) is 2.51. The molecule has 0 amide bonds. The Morgan fingerprint density at radius 3 is 1.35 bits per heavy atom. The fraction of sp³-hybridized carbons (Fsp3) is 0.0769. The number of thiophene rings is 2. The second kappa shape index (κ2) is 10.8. The molecule has 0 unspecified atom stereocenters. The molecular formula is C26H20N2O4S2. The summed E-state index contributed by atoms with van der Waals surface area (Å²) < 4.78 is 9.41. The first kappa shape index (κ1) is 23.3. The van der Waals surface area contributed by atoms with Crippen molar-refractivity contribution in [3.05, 3.63) is 93.7 Å². The molecule has 0 saturated heterocycles. The van der Waals surface area contributed by atoms with Crippen LogP contribution in [0.15, 0.2) is 82.8 Å². The third kappa shape index (κ3) is 5.72. The predicted molar refractivity (Wildman–Crippen MR) is 138 cm³/mol. The number of methoxy groups -OCH3 is 2. The van der Waals surface area contributed by atoms with Crippen LogP contribution in [0.4, 0.5) is 11.4 Å². The van der Waals surface area contributed by atoms with E-state index in [2.05, 4.69) is 22.1 Å². The third-order valence-electron chi connectivity index (χ3n) is 4.75. The SMILES string of the molecule is COC(=O)c1ccc(N=Cc2ccc(-c3ccc(C=Nc4ccc(C(=O)OC)cc4)s3)s2)cc1. The molecule has 8 heteroatoms. The Morgan fingerprint density at radius 2 is 1.00 bits per heavy atom. The molecule has 6 nitrogen and oxygen atoms in total. The van der Waals surface area contributed by atoms with Gasteiger partial charge in [-0.2, -0.15) is 0 Å². The molecule has 4 rings (SSSR count). The number of benzene rings is 2. The van der Waals surface area contributed by atoms with E-state index >= 15 is 0 Å². The average Bonchev–Trinajstić information content (AvgIpc) is 3.55. The van der Waals surface area contributed by atoms with Crippen molar-refractivity contribution in [2.45, 2.75) is 0 Å². The molecule has 0 radical (unpaired) electrons. The van der Waals surface area contributed by atoms with Crippen LogP contribution in [0, 0.1) is 0 Å². The highest BCUT2D eigenvalue weighted by atomic mass is 32.1. The van der Waals surface area contributed by atoms with Crippen molar-refractivity contribution < 1.29 is 19.1 Å². The van der Waals surface area contributed by atoms with E-state index in [0.29, 0.717) is 11.1 Å². The topological polar surface area (TPSA) is 77.3 Å². The minimum Gasteiger partial charge on any atom is -0.465 e.